The van der Waals surface area contributed by atoms with Crippen molar-refractivity contribution < 1.29 is 9.90 Å². The average Bonchev–Trinajstić information content (AvgIpc) is 3.13. The second-order valence-electron chi connectivity index (χ2n) is 5.61. The Morgan fingerprint density at radius 3 is 2.50 bits per heavy atom. The molecule has 1 amide bonds. The summed E-state index contributed by atoms with van der Waals surface area (Å²) < 4.78 is 0. The number of amides is 1. The molecule has 16 heavy (non-hydrogen) atoms. The minimum absolute atomic E-state index is 0.0934. The van der Waals surface area contributed by atoms with Crippen LogP contribution in [-0.2, 0) is 4.79 Å². The molecule has 1 unspecified atom stereocenters. The van der Waals surface area contributed by atoms with Gasteiger partial charge in [0.25, 0.3) is 0 Å². The summed E-state index contributed by atoms with van der Waals surface area (Å²) in [4.78, 5) is 12.0. The summed E-state index contributed by atoms with van der Waals surface area (Å²) in [5.74, 6) is 0.878. The van der Waals surface area contributed by atoms with E-state index in [1.165, 1.54) is 19.3 Å². The zero-order valence-electron chi connectivity index (χ0n) is 10.2. The fourth-order valence-electron chi connectivity index (χ4n) is 2.74. The van der Waals surface area contributed by atoms with Gasteiger partial charge in [0.1, 0.15) is 0 Å². The predicted molar refractivity (Wildman–Crippen MR) is 62.9 cm³/mol. The largest absolute Gasteiger partial charge is 0.394 e. The minimum atomic E-state index is -0.307. The van der Waals surface area contributed by atoms with Crippen LogP contribution >= 0.6 is 0 Å². The van der Waals surface area contributed by atoms with Gasteiger partial charge >= 0.3 is 0 Å². The number of carbonyl (C=O) groups excluding carboxylic acids is 1. The predicted octanol–water partition coefficient (Wildman–Crippen LogP) is 1.84. The zero-order chi connectivity index (χ0) is 11.6. The normalized spacial score (nSPS) is 26.1. The minimum Gasteiger partial charge on any atom is -0.394 e. The van der Waals surface area contributed by atoms with E-state index in [0.717, 1.165) is 25.7 Å². The van der Waals surface area contributed by atoms with Crippen LogP contribution in [0.4, 0.5) is 0 Å². The van der Waals surface area contributed by atoms with Crippen molar-refractivity contribution in [2.24, 2.45) is 11.8 Å². The summed E-state index contributed by atoms with van der Waals surface area (Å²) in [7, 11) is 0. The quantitative estimate of drug-likeness (QED) is 0.767. The van der Waals surface area contributed by atoms with Crippen molar-refractivity contribution in [1.82, 2.24) is 5.32 Å². The molecule has 0 aliphatic heterocycles. The Balaban J connectivity index is 1.91. The van der Waals surface area contributed by atoms with Gasteiger partial charge in [-0.05, 0) is 31.6 Å². The summed E-state index contributed by atoms with van der Waals surface area (Å²) in [6.07, 6.45) is 7.74. The smallest absolute Gasteiger partial charge is 0.223 e. The molecule has 2 saturated carbocycles. The van der Waals surface area contributed by atoms with Crippen molar-refractivity contribution in [3.05, 3.63) is 0 Å². The highest BCUT2D eigenvalue weighted by Crippen LogP contribution is 2.37. The topological polar surface area (TPSA) is 49.3 Å². The van der Waals surface area contributed by atoms with Gasteiger partial charge in [-0.15, -0.1) is 0 Å². The molecule has 2 aliphatic carbocycles. The van der Waals surface area contributed by atoms with Gasteiger partial charge in [-0.1, -0.05) is 26.2 Å². The van der Waals surface area contributed by atoms with E-state index in [0.29, 0.717) is 5.92 Å². The lowest BCUT2D eigenvalue weighted by Crippen LogP contribution is -2.54. The molecule has 0 radical (unpaired) electrons. The molecule has 3 nitrogen and oxygen atoms in total. The van der Waals surface area contributed by atoms with Crippen molar-refractivity contribution in [2.45, 2.75) is 57.4 Å². The van der Waals surface area contributed by atoms with Gasteiger partial charge in [0.2, 0.25) is 5.91 Å². The maximum atomic E-state index is 12.0. The first kappa shape index (κ1) is 11.9. The van der Waals surface area contributed by atoms with Crippen LogP contribution in [0.1, 0.15) is 51.9 Å². The Labute approximate surface area is 97.6 Å². The SMILES string of the molecule is CC(C(=O)NC1(CO)CCCCC1)C1CC1. The molecular formula is C13H23NO2. The highest BCUT2D eigenvalue weighted by Gasteiger charge is 2.38. The summed E-state index contributed by atoms with van der Waals surface area (Å²) in [5, 5.41) is 12.6. The van der Waals surface area contributed by atoms with E-state index in [1.54, 1.807) is 0 Å². The van der Waals surface area contributed by atoms with E-state index < -0.39 is 0 Å². The first-order valence-electron chi connectivity index (χ1n) is 6.60. The second-order valence-corrected chi connectivity index (χ2v) is 5.61. The van der Waals surface area contributed by atoms with Crippen molar-refractivity contribution in [3.8, 4) is 0 Å². The molecule has 1 atom stereocenters. The first-order chi connectivity index (χ1) is 7.67. The van der Waals surface area contributed by atoms with E-state index in [2.05, 4.69) is 5.32 Å². The summed E-state index contributed by atoms with van der Waals surface area (Å²) in [6, 6.07) is 0. The molecule has 0 saturated heterocycles. The molecule has 2 N–H and O–H groups in total. The van der Waals surface area contributed by atoms with E-state index in [4.69, 9.17) is 0 Å². The summed E-state index contributed by atoms with van der Waals surface area (Å²) in [6.45, 7) is 2.11. The van der Waals surface area contributed by atoms with Crippen molar-refractivity contribution in [1.29, 1.82) is 0 Å². The third-order valence-electron chi connectivity index (χ3n) is 4.24. The van der Waals surface area contributed by atoms with Gasteiger partial charge in [-0.25, -0.2) is 0 Å². The molecule has 2 aliphatic rings. The molecule has 0 aromatic rings. The Morgan fingerprint density at radius 1 is 1.38 bits per heavy atom. The second kappa shape index (κ2) is 4.74. The Morgan fingerprint density at radius 2 is 2.00 bits per heavy atom. The van der Waals surface area contributed by atoms with Gasteiger partial charge in [0.05, 0.1) is 12.1 Å². The van der Waals surface area contributed by atoms with Crippen molar-refractivity contribution in [3.63, 3.8) is 0 Å². The highest BCUT2D eigenvalue weighted by molar-refractivity contribution is 5.79. The first-order valence-corrected chi connectivity index (χ1v) is 6.60. The molecule has 0 heterocycles. The molecule has 0 spiro atoms. The van der Waals surface area contributed by atoms with Crippen LogP contribution in [0.5, 0.6) is 0 Å². The van der Waals surface area contributed by atoms with E-state index >= 15 is 0 Å². The molecule has 3 heteroatoms. The number of aliphatic hydroxyl groups excluding tert-OH is 1. The number of hydrogen-bond donors (Lipinski definition) is 2. The Bertz CT molecular complexity index is 255. The van der Waals surface area contributed by atoms with E-state index in [-0.39, 0.29) is 24.0 Å². The Hall–Kier alpha value is -0.570. The van der Waals surface area contributed by atoms with Crippen molar-refractivity contribution >= 4 is 5.91 Å². The van der Waals surface area contributed by atoms with Crippen molar-refractivity contribution in [2.75, 3.05) is 6.61 Å². The van der Waals surface area contributed by atoms with Crippen LogP contribution in [0, 0.1) is 11.8 Å². The number of carbonyl (C=O) groups is 1. The summed E-state index contributed by atoms with van der Waals surface area (Å²) >= 11 is 0. The van der Waals surface area contributed by atoms with E-state index in [1.807, 2.05) is 6.92 Å². The lowest BCUT2D eigenvalue weighted by Gasteiger charge is -2.37. The van der Waals surface area contributed by atoms with Crippen LogP contribution in [0.25, 0.3) is 0 Å². The number of nitrogens with one attached hydrogen (secondary N) is 1. The van der Waals surface area contributed by atoms with Crippen LogP contribution in [0.2, 0.25) is 0 Å². The summed E-state index contributed by atoms with van der Waals surface area (Å²) in [5.41, 5.74) is -0.307. The van der Waals surface area contributed by atoms with Gasteiger partial charge in [0.15, 0.2) is 0 Å². The number of rotatable bonds is 4. The lowest BCUT2D eigenvalue weighted by molar-refractivity contribution is -0.128. The molecule has 0 aromatic heterocycles. The van der Waals surface area contributed by atoms with Gasteiger partial charge in [-0.3, -0.25) is 4.79 Å². The van der Waals surface area contributed by atoms with E-state index in [9.17, 15) is 9.90 Å². The molecule has 0 bridgehead atoms. The molecular weight excluding hydrogens is 202 g/mol. The van der Waals surface area contributed by atoms with Crippen LogP contribution in [0.15, 0.2) is 0 Å². The highest BCUT2D eigenvalue weighted by atomic mass is 16.3. The number of hydrogen-bond acceptors (Lipinski definition) is 2. The average molecular weight is 225 g/mol. The standard InChI is InChI=1S/C13H23NO2/c1-10(11-5-6-11)12(16)14-13(9-15)7-3-2-4-8-13/h10-11,15H,2-9H2,1H3,(H,14,16). The zero-order valence-corrected chi connectivity index (χ0v) is 10.2. The molecule has 2 rings (SSSR count). The molecule has 92 valence electrons. The van der Waals surface area contributed by atoms with Crippen LogP contribution in [-0.4, -0.2) is 23.2 Å². The monoisotopic (exact) mass is 225 g/mol. The van der Waals surface area contributed by atoms with Gasteiger partial charge in [0, 0.05) is 5.92 Å². The molecule has 2 fully saturated rings. The third-order valence-corrected chi connectivity index (χ3v) is 4.24. The van der Waals surface area contributed by atoms with Gasteiger partial charge in [-0.2, -0.15) is 0 Å². The van der Waals surface area contributed by atoms with Crippen LogP contribution < -0.4 is 5.32 Å². The lowest BCUT2D eigenvalue weighted by atomic mass is 9.82. The van der Waals surface area contributed by atoms with Crippen LogP contribution in [0.3, 0.4) is 0 Å². The maximum Gasteiger partial charge on any atom is 0.223 e. The van der Waals surface area contributed by atoms with Gasteiger partial charge < -0.3 is 10.4 Å². The Kier molecular flexibility index (Phi) is 3.53. The number of aliphatic hydroxyl groups is 1. The third kappa shape index (κ3) is 2.57. The fourth-order valence-corrected chi connectivity index (χ4v) is 2.74. The maximum absolute atomic E-state index is 12.0. The fraction of sp³-hybridized carbons (Fsp3) is 0.923. The molecule has 0 aromatic carbocycles.